The van der Waals surface area contributed by atoms with E-state index in [1.54, 1.807) is 0 Å². The standard InChI is InChI=1S/C7H2F4O.Rh/c1-12-4-2-3(8)5(9)7(11)6(4)10;/h1-2H;. The van der Waals surface area contributed by atoms with E-state index in [0.717, 1.165) is 4.80 Å². The number of halogens is 4. The van der Waals surface area contributed by atoms with Crippen LogP contribution in [0.4, 0.5) is 17.6 Å². The van der Waals surface area contributed by atoms with Crippen LogP contribution in [0, 0.1) is 23.3 Å². The molecule has 0 heterocycles. The van der Waals surface area contributed by atoms with Gasteiger partial charge >= 0.3 is 80.0 Å². The first-order chi connectivity index (χ1) is 6.07. The van der Waals surface area contributed by atoms with E-state index in [0.29, 0.717) is 6.07 Å². The predicted octanol–water partition coefficient (Wildman–Crippen LogP) is 1.93. The first-order valence-electron chi connectivity index (χ1n) is 2.97. The number of benzene rings is 1. The van der Waals surface area contributed by atoms with Crippen LogP contribution in [0.2, 0.25) is 0 Å². The molecule has 0 saturated heterocycles. The van der Waals surface area contributed by atoms with E-state index in [4.69, 9.17) is 0 Å². The van der Waals surface area contributed by atoms with Gasteiger partial charge in [0.2, 0.25) is 0 Å². The second kappa shape index (κ2) is 3.96. The molecule has 0 aliphatic rings. The number of hydrogen-bond acceptors (Lipinski definition) is 1. The van der Waals surface area contributed by atoms with Gasteiger partial charge in [-0.25, -0.2) is 0 Å². The summed E-state index contributed by atoms with van der Waals surface area (Å²) in [6, 6.07) is 0.421. The first-order valence-corrected chi connectivity index (χ1v) is 3.91. The molecule has 0 bridgehead atoms. The molecule has 1 aromatic carbocycles. The topological polar surface area (TPSA) is 9.23 Å². The van der Waals surface area contributed by atoms with Crippen LogP contribution in [0.5, 0.6) is 5.75 Å². The molecule has 0 amide bonds. The van der Waals surface area contributed by atoms with Crippen LogP contribution in [0.15, 0.2) is 6.07 Å². The van der Waals surface area contributed by atoms with E-state index in [1.165, 1.54) is 0 Å². The minimum atomic E-state index is -1.89. The summed E-state index contributed by atoms with van der Waals surface area (Å²) < 4.78 is 54.3. The zero-order valence-corrected chi connectivity index (χ0v) is 7.55. The number of rotatable bonds is 2. The number of ether oxygens (including phenoxy) is 1. The van der Waals surface area contributed by atoms with E-state index in [1.807, 2.05) is 0 Å². The fraction of sp³-hybridized carbons (Fsp3) is 0. The van der Waals surface area contributed by atoms with Crippen molar-refractivity contribution in [2.75, 3.05) is 0 Å². The molecule has 0 N–H and O–H groups in total. The average molecular weight is 281 g/mol. The van der Waals surface area contributed by atoms with Gasteiger partial charge in [0.15, 0.2) is 0 Å². The van der Waals surface area contributed by atoms with Crippen LogP contribution < -0.4 is 4.74 Å². The van der Waals surface area contributed by atoms with Gasteiger partial charge in [-0.1, -0.05) is 0 Å². The summed E-state index contributed by atoms with van der Waals surface area (Å²) in [6.07, 6.45) is 0. The van der Waals surface area contributed by atoms with Gasteiger partial charge in [0, 0.05) is 0 Å². The Kier molecular flexibility index (Phi) is 3.14. The molecule has 13 heavy (non-hydrogen) atoms. The van der Waals surface area contributed by atoms with Crippen LogP contribution in [0.25, 0.3) is 0 Å². The predicted molar refractivity (Wildman–Crippen MR) is 33.0 cm³/mol. The quantitative estimate of drug-likeness (QED) is 0.348. The van der Waals surface area contributed by atoms with Gasteiger partial charge in [-0.3, -0.25) is 0 Å². The Bertz CT molecular complexity index is 353. The molecule has 0 saturated carbocycles. The van der Waals surface area contributed by atoms with Gasteiger partial charge in [-0.15, -0.1) is 0 Å². The Morgan fingerprint density at radius 3 is 2.23 bits per heavy atom. The molecular weight excluding hydrogens is 279 g/mol. The van der Waals surface area contributed by atoms with Gasteiger partial charge in [-0.2, -0.15) is 0 Å². The fourth-order valence-corrected chi connectivity index (χ4v) is 0.887. The van der Waals surface area contributed by atoms with Gasteiger partial charge < -0.3 is 0 Å². The molecule has 1 nitrogen and oxygen atoms in total. The van der Waals surface area contributed by atoms with Crippen molar-refractivity contribution in [3.05, 3.63) is 29.3 Å². The summed E-state index contributed by atoms with van der Waals surface area (Å²) >= 11 is 2.12. The summed E-state index contributed by atoms with van der Waals surface area (Å²) in [4.78, 5) is 0.913. The van der Waals surface area contributed by atoms with Crippen molar-refractivity contribution in [1.29, 1.82) is 0 Å². The SMILES string of the molecule is Fc1cc(O[CH]=[Rh])c(F)c(F)c1F. The van der Waals surface area contributed by atoms with Gasteiger partial charge in [0.05, 0.1) is 0 Å². The van der Waals surface area contributed by atoms with Gasteiger partial charge in [0.1, 0.15) is 0 Å². The Labute approximate surface area is 80.5 Å². The van der Waals surface area contributed by atoms with Crippen molar-refractivity contribution in [3.63, 3.8) is 0 Å². The van der Waals surface area contributed by atoms with Crippen LogP contribution in [-0.4, -0.2) is 4.80 Å². The summed E-state index contributed by atoms with van der Waals surface area (Å²) in [5, 5.41) is 0. The maximum atomic E-state index is 12.7. The summed E-state index contributed by atoms with van der Waals surface area (Å²) in [5.74, 6) is -7.52. The fourth-order valence-electron chi connectivity index (χ4n) is 0.679. The Morgan fingerprint density at radius 2 is 1.69 bits per heavy atom. The summed E-state index contributed by atoms with van der Waals surface area (Å²) in [7, 11) is 0. The molecule has 0 unspecified atom stereocenters. The van der Waals surface area contributed by atoms with Crippen LogP contribution >= 0.6 is 0 Å². The van der Waals surface area contributed by atoms with Crippen molar-refractivity contribution < 1.29 is 40.1 Å². The molecule has 0 fully saturated rings. The molecule has 73 valence electrons. The molecule has 1 rings (SSSR count). The third kappa shape index (κ3) is 1.94. The van der Waals surface area contributed by atoms with Crippen LogP contribution in [0.3, 0.4) is 0 Å². The Balaban J connectivity index is 3.31. The normalized spacial score (nSPS) is 9.92. The van der Waals surface area contributed by atoms with Crippen molar-refractivity contribution in [2.24, 2.45) is 0 Å². The zero-order chi connectivity index (χ0) is 10.0. The molecule has 0 spiro atoms. The summed E-state index contributed by atoms with van der Waals surface area (Å²) in [6.45, 7) is 0. The first kappa shape index (κ1) is 10.3. The van der Waals surface area contributed by atoms with Gasteiger partial charge in [0.25, 0.3) is 0 Å². The summed E-state index contributed by atoms with van der Waals surface area (Å²) in [5.41, 5.74) is 0. The van der Waals surface area contributed by atoms with Crippen LogP contribution in [0.1, 0.15) is 0 Å². The monoisotopic (exact) mass is 281 g/mol. The maximum absolute atomic E-state index is 12.7. The Morgan fingerprint density at radius 1 is 1.08 bits per heavy atom. The second-order valence-corrected chi connectivity index (χ2v) is 2.38. The third-order valence-electron chi connectivity index (χ3n) is 1.24. The molecule has 0 aliphatic carbocycles. The molecule has 1 aromatic rings. The molecule has 0 atom stereocenters. The minimum absolute atomic E-state index is 0.421. The number of hydrogen-bond donors (Lipinski definition) is 0. The van der Waals surface area contributed by atoms with Gasteiger partial charge in [-0.05, 0) is 0 Å². The molecular formula is C7H2F4ORh. The van der Waals surface area contributed by atoms with E-state index in [2.05, 4.69) is 22.6 Å². The average Bonchev–Trinajstić information content (AvgIpc) is 2.11. The molecule has 0 aromatic heterocycles. The third-order valence-corrected chi connectivity index (χ3v) is 1.43. The van der Waals surface area contributed by atoms with Crippen LogP contribution in [-0.2, 0) is 17.9 Å². The van der Waals surface area contributed by atoms with E-state index in [9.17, 15) is 17.6 Å². The van der Waals surface area contributed by atoms with E-state index in [-0.39, 0.29) is 0 Å². The molecule has 0 radical (unpaired) electrons. The van der Waals surface area contributed by atoms with Crippen molar-refractivity contribution in [3.8, 4) is 5.75 Å². The van der Waals surface area contributed by atoms with E-state index < -0.39 is 29.0 Å². The Hall–Kier alpha value is -0.767. The second-order valence-electron chi connectivity index (χ2n) is 1.99. The molecule has 0 aliphatic heterocycles. The van der Waals surface area contributed by atoms with Crippen molar-refractivity contribution in [1.82, 2.24) is 0 Å². The zero-order valence-electron chi connectivity index (χ0n) is 5.91. The van der Waals surface area contributed by atoms with Crippen molar-refractivity contribution >= 4 is 4.80 Å². The molecule has 6 heteroatoms. The van der Waals surface area contributed by atoms with E-state index >= 15 is 0 Å². The van der Waals surface area contributed by atoms with Crippen molar-refractivity contribution in [2.45, 2.75) is 0 Å².